The minimum Gasteiger partial charge on any atom is -0.424 e. The largest absolute Gasteiger partial charge is 0.424 e. The Labute approximate surface area is 191 Å². The first kappa shape index (κ1) is 21.9. The first-order valence-corrected chi connectivity index (χ1v) is 10.5. The highest BCUT2D eigenvalue weighted by Crippen LogP contribution is 2.24. The van der Waals surface area contributed by atoms with Gasteiger partial charge in [-0.05, 0) is 31.1 Å². The van der Waals surface area contributed by atoms with Gasteiger partial charge in [-0.15, -0.1) is 0 Å². The van der Waals surface area contributed by atoms with Crippen LogP contribution in [0.3, 0.4) is 0 Å². The van der Waals surface area contributed by atoms with E-state index in [4.69, 9.17) is 15.9 Å². The van der Waals surface area contributed by atoms with Crippen molar-refractivity contribution in [3.05, 3.63) is 72.8 Å². The minimum atomic E-state index is -0.105. The second kappa shape index (κ2) is 9.86. The van der Waals surface area contributed by atoms with E-state index in [2.05, 4.69) is 31.8 Å². The van der Waals surface area contributed by atoms with E-state index in [9.17, 15) is 4.79 Å². The summed E-state index contributed by atoms with van der Waals surface area (Å²) in [6.07, 6.45) is 7.35. The molecule has 4 rings (SSSR count). The van der Waals surface area contributed by atoms with Crippen molar-refractivity contribution < 1.29 is 9.53 Å². The van der Waals surface area contributed by atoms with Crippen LogP contribution in [0.5, 0.6) is 11.8 Å². The smallest absolute Gasteiger partial charge is 0.321 e. The minimum absolute atomic E-state index is 0.0404. The number of rotatable bonds is 7. The summed E-state index contributed by atoms with van der Waals surface area (Å²) in [7, 11) is 0. The summed E-state index contributed by atoms with van der Waals surface area (Å²) in [4.78, 5) is 30.5. The summed E-state index contributed by atoms with van der Waals surface area (Å²) in [5.41, 5.74) is 6.99. The van der Waals surface area contributed by atoms with E-state index >= 15 is 0 Å². The molecule has 1 aliphatic heterocycles. The summed E-state index contributed by atoms with van der Waals surface area (Å²) < 4.78 is 5.61. The molecular formula is C23H24N8O2. The Bertz CT molecular complexity index is 1150. The van der Waals surface area contributed by atoms with Gasteiger partial charge in [0.15, 0.2) is 0 Å². The molecule has 3 heterocycles. The number of nitrogens with one attached hydrogen (secondary N) is 2. The fourth-order valence-corrected chi connectivity index (χ4v) is 3.61. The molecule has 4 N–H and O–H groups in total. The van der Waals surface area contributed by atoms with Crippen LogP contribution in [0.1, 0.15) is 24.0 Å². The van der Waals surface area contributed by atoms with Crippen LogP contribution in [-0.2, 0) is 4.79 Å². The number of hydrogen-bond donors (Lipinski definition) is 3. The Kier molecular flexibility index (Phi) is 6.53. The lowest BCUT2D eigenvalue weighted by Crippen LogP contribution is -2.44. The summed E-state index contributed by atoms with van der Waals surface area (Å²) in [6, 6.07) is 9.32. The Morgan fingerprint density at radius 3 is 2.70 bits per heavy atom. The Morgan fingerprint density at radius 2 is 1.97 bits per heavy atom. The topological polar surface area (TPSA) is 143 Å². The third kappa shape index (κ3) is 5.12. The Hall–Kier alpha value is -4.34. The lowest BCUT2D eigenvalue weighted by atomic mass is 10.0. The molecule has 1 fully saturated rings. The number of benzene rings is 1. The number of para-hydroxylation sites is 1. The number of anilines is 2. The molecule has 1 unspecified atom stereocenters. The molecule has 1 atom stereocenters. The first-order valence-electron chi connectivity index (χ1n) is 10.5. The van der Waals surface area contributed by atoms with Gasteiger partial charge >= 0.3 is 6.01 Å². The van der Waals surface area contributed by atoms with Gasteiger partial charge in [0, 0.05) is 37.1 Å². The van der Waals surface area contributed by atoms with Crippen LogP contribution in [-0.4, -0.2) is 55.6 Å². The molecule has 1 saturated heterocycles. The second-order valence-corrected chi connectivity index (χ2v) is 7.50. The molecule has 168 valence electrons. The van der Waals surface area contributed by atoms with Gasteiger partial charge in [0.2, 0.25) is 5.91 Å². The van der Waals surface area contributed by atoms with Crippen LogP contribution < -0.4 is 15.8 Å². The highest BCUT2D eigenvalue weighted by molar-refractivity contribution is 6.15. The van der Waals surface area contributed by atoms with Crippen molar-refractivity contribution >= 4 is 23.3 Å². The summed E-state index contributed by atoms with van der Waals surface area (Å²) in [5, 5.41) is 12.0. The molecule has 0 radical (unpaired) electrons. The number of piperidine rings is 1. The number of aromatic nitrogens is 4. The van der Waals surface area contributed by atoms with Crippen molar-refractivity contribution in [2.45, 2.75) is 18.9 Å². The second-order valence-electron chi connectivity index (χ2n) is 7.50. The highest BCUT2D eigenvalue weighted by Gasteiger charge is 2.25. The van der Waals surface area contributed by atoms with E-state index in [0.29, 0.717) is 35.8 Å². The summed E-state index contributed by atoms with van der Waals surface area (Å²) in [6.45, 7) is 4.76. The number of carbonyl (C=O) groups is 1. The molecule has 33 heavy (non-hydrogen) atoms. The molecule has 0 aliphatic carbocycles. The molecule has 2 aromatic heterocycles. The summed E-state index contributed by atoms with van der Waals surface area (Å²) >= 11 is 0. The van der Waals surface area contributed by atoms with E-state index in [1.165, 1.54) is 24.8 Å². The maximum absolute atomic E-state index is 12.0. The van der Waals surface area contributed by atoms with Gasteiger partial charge in [0.25, 0.3) is 0 Å². The van der Waals surface area contributed by atoms with Crippen LogP contribution in [0.4, 0.5) is 11.6 Å². The standard InChI is InChI=1S/C23H24N8O2/c1-2-18(32)31-10-6-7-16(13-31)30-22-19(21(25)28-14-29-22)20(24)15-11-26-23(27-12-15)33-17-8-4-3-5-9-17/h2-5,8-9,11-12,14,16,24H,1,6-7,10,13H2,(H3,25,28,29,30). The molecule has 0 bridgehead atoms. The van der Waals surface area contributed by atoms with Gasteiger partial charge in [-0.25, -0.2) is 19.9 Å². The number of nitrogens with two attached hydrogens (primary N) is 1. The van der Waals surface area contributed by atoms with Crippen LogP contribution >= 0.6 is 0 Å². The van der Waals surface area contributed by atoms with Crippen molar-refractivity contribution in [1.82, 2.24) is 24.8 Å². The number of nitrogens with zero attached hydrogens (tertiary/aromatic N) is 5. The third-order valence-corrected chi connectivity index (χ3v) is 5.24. The zero-order valence-corrected chi connectivity index (χ0v) is 17.9. The van der Waals surface area contributed by atoms with E-state index < -0.39 is 0 Å². The van der Waals surface area contributed by atoms with Crippen LogP contribution in [0.2, 0.25) is 0 Å². The van der Waals surface area contributed by atoms with Gasteiger partial charge in [-0.2, -0.15) is 0 Å². The Balaban J connectivity index is 1.52. The molecular weight excluding hydrogens is 420 g/mol. The van der Waals surface area contributed by atoms with Crippen molar-refractivity contribution in [1.29, 1.82) is 5.41 Å². The molecule has 1 aliphatic rings. The maximum atomic E-state index is 12.0. The lowest BCUT2D eigenvalue weighted by Gasteiger charge is -2.33. The SMILES string of the molecule is C=CC(=O)N1CCCC(Nc2ncnc(N)c2C(=N)c2cnc(Oc3ccccc3)nc2)C1. The van der Waals surface area contributed by atoms with E-state index in [1.54, 1.807) is 17.0 Å². The van der Waals surface area contributed by atoms with Gasteiger partial charge in [0.05, 0.1) is 11.3 Å². The first-order chi connectivity index (χ1) is 16.0. The predicted molar refractivity (Wildman–Crippen MR) is 124 cm³/mol. The molecule has 0 saturated carbocycles. The fourth-order valence-electron chi connectivity index (χ4n) is 3.61. The number of carbonyl (C=O) groups excluding carboxylic acids is 1. The Morgan fingerprint density at radius 1 is 1.21 bits per heavy atom. The normalized spacial score (nSPS) is 15.5. The van der Waals surface area contributed by atoms with Crippen LogP contribution in [0.15, 0.2) is 61.7 Å². The fraction of sp³-hybridized carbons (Fsp3) is 0.217. The maximum Gasteiger partial charge on any atom is 0.321 e. The van der Waals surface area contributed by atoms with E-state index in [0.717, 1.165) is 12.8 Å². The molecule has 1 amide bonds. The predicted octanol–water partition coefficient (Wildman–Crippen LogP) is 2.65. The quantitative estimate of drug-likeness (QED) is 0.373. The van der Waals surface area contributed by atoms with Crippen LogP contribution in [0, 0.1) is 5.41 Å². The van der Waals surface area contributed by atoms with E-state index in [-0.39, 0.29) is 29.5 Å². The van der Waals surface area contributed by atoms with Crippen molar-refractivity contribution in [3.63, 3.8) is 0 Å². The number of ether oxygens (including phenoxy) is 1. The van der Waals surface area contributed by atoms with E-state index in [1.807, 2.05) is 18.2 Å². The third-order valence-electron chi connectivity index (χ3n) is 5.24. The molecule has 10 heteroatoms. The lowest BCUT2D eigenvalue weighted by molar-refractivity contribution is -0.127. The van der Waals surface area contributed by atoms with Gasteiger partial charge < -0.3 is 20.7 Å². The molecule has 10 nitrogen and oxygen atoms in total. The molecule has 3 aromatic rings. The monoisotopic (exact) mass is 444 g/mol. The van der Waals surface area contributed by atoms with Gasteiger partial charge in [0.1, 0.15) is 23.7 Å². The van der Waals surface area contributed by atoms with Crippen molar-refractivity contribution in [2.24, 2.45) is 0 Å². The van der Waals surface area contributed by atoms with Crippen LogP contribution in [0.25, 0.3) is 0 Å². The number of nitrogen functional groups attached to an aromatic ring is 1. The van der Waals surface area contributed by atoms with Gasteiger partial charge in [-0.1, -0.05) is 24.8 Å². The molecule has 1 aromatic carbocycles. The highest BCUT2D eigenvalue weighted by atomic mass is 16.5. The number of amides is 1. The molecule has 0 spiro atoms. The average molecular weight is 444 g/mol. The zero-order chi connectivity index (χ0) is 23.2. The average Bonchev–Trinajstić information content (AvgIpc) is 2.84. The number of likely N-dealkylation sites (tertiary alicyclic amines) is 1. The zero-order valence-electron chi connectivity index (χ0n) is 17.9. The summed E-state index contributed by atoms with van der Waals surface area (Å²) in [5.74, 6) is 1.10. The van der Waals surface area contributed by atoms with Gasteiger partial charge in [-0.3, -0.25) is 10.2 Å². The van der Waals surface area contributed by atoms with Crippen molar-refractivity contribution in [3.8, 4) is 11.8 Å². The number of hydrogen-bond acceptors (Lipinski definition) is 9. The van der Waals surface area contributed by atoms with Crippen molar-refractivity contribution in [2.75, 3.05) is 24.1 Å².